The van der Waals surface area contributed by atoms with Crippen molar-refractivity contribution >= 4 is 34.9 Å². The Bertz CT molecular complexity index is 1040. The lowest BCUT2D eigenvalue weighted by Gasteiger charge is -2.11. The molecule has 5 nitrogen and oxygen atoms in total. The lowest BCUT2D eigenvalue weighted by atomic mass is 10.1. The number of hydrogen-bond donors (Lipinski definition) is 0. The van der Waals surface area contributed by atoms with Crippen molar-refractivity contribution in [3.05, 3.63) is 81.7 Å². The van der Waals surface area contributed by atoms with Gasteiger partial charge in [0.25, 0.3) is 5.88 Å². The van der Waals surface area contributed by atoms with Crippen molar-refractivity contribution in [1.29, 1.82) is 5.26 Å². The minimum absolute atomic E-state index is 0.336. The van der Waals surface area contributed by atoms with E-state index in [2.05, 4.69) is 16.0 Å². The van der Waals surface area contributed by atoms with Crippen molar-refractivity contribution in [2.24, 2.45) is 0 Å². The summed E-state index contributed by atoms with van der Waals surface area (Å²) in [6, 6.07) is 13.9. The lowest BCUT2D eigenvalue weighted by Crippen LogP contribution is -2.04. The SMILES string of the molecule is COc1ncc(C(C#N)=Cc2c(Cl)cncc2Cl)cc1OCCc1ccccc1. The topological polar surface area (TPSA) is 68.0 Å². The third-order valence-electron chi connectivity index (χ3n) is 4.11. The van der Waals surface area contributed by atoms with Gasteiger partial charge in [-0.15, -0.1) is 0 Å². The van der Waals surface area contributed by atoms with E-state index in [1.807, 2.05) is 30.3 Å². The van der Waals surface area contributed by atoms with Crippen molar-refractivity contribution < 1.29 is 9.47 Å². The van der Waals surface area contributed by atoms with Crippen molar-refractivity contribution in [2.45, 2.75) is 6.42 Å². The summed E-state index contributed by atoms with van der Waals surface area (Å²) in [6.07, 6.45) is 6.82. The number of hydrogen-bond acceptors (Lipinski definition) is 5. The molecule has 0 spiro atoms. The van der Waals surface area contributed by atoms with Gasteiger partial charge in [-0.3, -0.25) is 4.98 Å². The Hall–Kier alpha value is -3.07. The maximum absolute atomic E-state index is 9.64. The van der Waals surface area contributed by atoms with E-state index in [1.54, 1.807) is 18.3 Å². The molecule has 2 heterocycles. The predicted octanol–water partition coefficient (Wildman–Crippen LogP) is 5.48. The van der Waals surface area contributed by atoms with E-state index < -0.39 is 0 Å². The molecule has 0 saturated heterocycles. The number of benzene rings is 1. The monoisotopic (exact) mass is 425 g/mol. The Morgan fingerprint density at radius 3 is 2.52 bits per heavy atom. The van der Waals surface area contributed by atoms with Crippen LogP contribution in [0.25, 0.3) is 11.6 Å². The van der Waals surface area contributed by atoms with E-state index in [4.69, 9.17) is 32.7 Å². The summed E-state index contributed by atoms with van der Waals surface area (Å²) >= 11 is 12.3. The first-order chi connectivity index (χ1) is 14.1. The Balaban J connectivity index is 1.86. The normalized spacial score (nSPS) is 11.0. The average molecular weight is 426 g/mol. The molecule has 0 aliphatic rings. The molecular formula is C22H17Cl2N3O2. The van der Waals surface area contributed by atoms with Gasteiger partial charge in [-0.25, -0.2) is 4.98 Å². The molecule has 0 aliphatic heterocycles. The summed E-state index contributed by atoms with van der Waals surface area (Å²) in [5, 5.41) is 10.4. The van der Waals surface area contributed by atoms with Crippen molar-refractivity contribution in [1.82, 2.24) is 9.97 Å². The molecule has 0 amide bonds. The first kappa shape index (κ1) is 20.7. The molecule has 0 N–H and O–H groups in total. The van der Waals surface area contributed by atoms with Gasteiger partial charge in [0.05, 0.1) is 35.4 Å². The van der Waals surface area contributed by atoms with Crippen LogP contribution in [0, 0.1) is 11.3 Å². The average Bonchev–Trinajstić information content (AvgIpc) is 2.74. The third-order valence-corrected chi connectivity index (χ3v) is 4.72. The number of rotatable bonds is 7. The minimum atomic E-state index is 0.336. The van der Waals surface area contributed by atoms with Crippen molar-refractivity contribution in [3.8, 4) is 17.7 Å². The van der Waals surface area contributed by atoms with Crippen LogP contribution in [0.1, 0.15) is 16.7 Å². The number of halogens is 2. The van der Waals surface area contributed by atoms with E-state index in [1.165, 1.54) is 19.5 Å². The molecule has 3 rings (SSSR count). The lowest BCUT2D eigenvalue weighted by molar-refractivity contribution is 0.291. The molecule has 0 saturated carbocycles. The quantitative estimate of drug-likeness (QED) is 0.468. The van der Waals surface area contributed by atoms with Gasteiger partial charge in [0.2, 0.25) is 0 Å². The van der Waals surface area contributed by atoms with Gasteiger partial charge in [0.1, 0.15) is 0 Å². The summed E-state index contributed by atoms with van der Waals surface area (Å²) in [4.78, 5) is 8.18. The summed E-state index contributed by atoms with van der Waals surface area (Å²) in [7, 11) is 1.52. The van der Waals surface area contributed by atoms with Gasteiger partial charge in [-0.1, -0.05) is 53.5 Å². The van der Waals surface area contributed by atoms with Crippen LogP contribution in [0.2, 0.25) is 10.0 Å². The Morgan fingerprint density at radius 1 is 1.14 bits per heavy atom. The number of ether oxygens (including phenoxy) is 2. The molecule has 2 aromatic heterocycles. The molecule has 0 radical (unpaired) electrons. The smallest absolute Gasteiger partial charge is 0.256 e. The molecule has 0 aliphatic carbocycles. The van der Waals surface area contributed by atoms with Gasteiger partial charge >= 0.3 is 0 Å². The largest absolute Gasteiger partial charge is 0.488 e. The second kappa shape index (κ2) is 9.92. The summed E-state index contributed by atoms with van der Waals surface area (Å²) < 4.78 is 11.2. The first-order valence-electron chi connectivity index (χ1n) is 8.74. The van der Waals surface area contributed by atoms with E-state index in [9.17, 15) is 5.26 Å². The predicted molar refractivity (Wildman–Crippen MR) is 114 cm³/mol. The molecule has 0 bridgehead atoms. The Kier molecular flexibility index (Phi) is 7.07. The maximum Gasteiger partial charge on any atom is 0.256 e. The molecule has 0 unspecified atom stereocenters. The Morgan fingerprint density at radius 2 is 1.86 bits per heavy atom. The molecule has 1 aromatic carbocycles. The van der Waals surface area contributed by atoms with E-state index in [-0.39, 0.29) is 0 Å². The van der Waals surface area contributed by atoms with Crippen LogP contribution in [-0.2, 0) is 6.42 Å². The van der Waals surface area contributed by atoms with Gasteiger partial charge in [0, 0.05) is 36.1 Å². The first-order valence-corrected chi connectivity index (χ1v) is 9.50. The summed E-state index contributed by atoms with van der Waals surface area (Å²) in [5.41, 5.74) is 2.58. The second-order valence-electron chi connectivity index (χ2n) is 6.00. The fourth-order valence-corrected chi connectivity index (χ4v) is 3.12. The minimum Gasteiger partial charge on any atom is -0.488 e. The number of pyridine rings is 2. The van der Waals surface area contributed by atoms with Gasteiger partial charge < -0.3 is 9.47 Å². The molecule has 0 atom stereocenters. The molecule has 29 heavy (non-hydrogen) atoms. The highest BCUT2D eigenvalue weighted by Crippen LogP contribution is 2.31. The van der Waals surface area contributed by atoms with Gasteiger partial charge in [0.15, 0.2) is 5.75 Å². The summed E-state index contributed by atoms with van der Waals surface area (Å²) in [5.74, 6) is 0.799. The van der Waals surface area contributed by atoms with E-state index >= 15 is 0 Å². The third kappa shape index (κ3) is 5.26. The van der Waals surface area contributed by atoms with Crippen LogP contribution in [0.3, 0.4) is 0 Å². The van der Waals surface area contributed by atoms with Crippen LogP contribution >= 0.6 is 23.2 Å². The van der Waals surface area contributed by atoms with Crippen LogP contribution in [-0.4, -0.2) is 23.7 Å². The molecular weight excluding hydrogens is 409 g/mol. The summed E-state index contributed by atoms with van der Waals surface area (Å²) in [6.45, 7) is 0.444. The zero-order valence-corrected chi connectivity index (χ0v) is 17.1. The highest BCUT2D eigenvalue weighted by molar-refractivity contribution is 6.37. The van der Waals surface area contributed by atoms with E-state index in [0.717, 1.165) is 12.0 Å². The van der Waals surface area contributed by atoms with Crippen molar-refractivity contribution in [2.75, 3.05) is 13.7 Å². The van der Waals surface area contributed by atoms with Gasteiger partial charge in [-0.2, -0.15) is 5.26 Å². The van der Waals surface area contributed by atoms with Crippen LogP contribution in [0.4, 0.5) is 0 Å². The zero-order chi connectivity index (χ0) is 20.6. The van der Waals surface area contributed by atoms with Crippen LogP contribution < -0.4 is 9.47 Å². The number of allylic oxidation sites excluding steroid dienone is 1. The zero-order valence-electron chi connectivity index (χ0n) is 15.6. The molecule has 3 aromatic rings. The highest BCUT2D eigenvalue weighted by Gasteiger charge is 2.12. The van der Waals surface area contributed by atoms with Crippen molar-refractivity contribution in [3.63, 3.8) is 0 Å². The fraction of sp³-hybridized carbons (Fsp3) is 0.136. The van der Waals surface area contributed by atoms with Crippen LogP contribution in [0.15, 0.2) is 55.0 Å². The second-order valence-corrected chi connectivity index (χ2v) is 6.82. The molecule has 7 heteroatoms. The standard InChI is InChI=1S/C22H17Cl2N3O2/c1-28-22-21(29-8-7-15-5-3-2-4-6-15)10-17(12-27-22)16(11-25)9-18-19(23)13-26-14-20(18)24/h2-6,9-10,12-14H,7-8H2,1H3. The highest BCUT2D eigenvalue weighted by atomic mass is 35.5. The number of nitriles is 1. The maximum atomic E-state index is 9.64. The molecule has 0 fully saturated rings. The van der Waals surface area contributed by atoms with Gasteiger partial charge in [-0.05, 0) is 17.7 Å². The Labute approximate surface area is 179 Å². The van der Waals surface area contributed by atoms with E-state index in [0.29, 0.717) is 45.0 Å². The fourth-order valence-electron chi connectivity index (χ4n) is 2.64. The number of methoxy groups -OCH3 is 1. The number of nitrogens with zero attached hydrogens (tertiary/aromatic N) is 3. The number of aromatic nitrogens is 2. The molecule has 146 valence electrons. The van der Waals surface area contributed by atoms with Crippen LogP contribution in [0.5, 0.6) is 11.6 Å².